The Kier molecular flexibility index (Phi) is 5.44. The highest BCUT2D eigenvalue weighted by Gasteiger charge is 2.39. The van der Waals surface area contributed by atoms with Gasteiger partial charge in [-0.15, -0.1) is 0 Å². The molecule has 1 aliphatic rings. The molecule has 1 atom stereocenters. The number of rotatable bonds is 4. The number of nitrogens with zero attached hydrogens (tertiary/aromatic N) is 1. The molecule has 2 aromatic rings. The number of nitrogens with one attached hydrogen (secondary N) is 1. The molecule has 154 valence electrons. The maximum absolute atomic E-state index is 13.5. The molecule has 0 fully saturated rings. The van der Waals surface area contributed by atoms with Gasteiger partial charge in [0.2, 0.25) is 11.8 Å². The number of amides is 2. The number of halogens is 2. The van der Waals surface area contributed by atoms with E-state index in [9.17, 15) is 26.8 Å². The zero-order chi connectivity index (χ0) is 21.5. The van der Waals surface area contributed by atoms with Crippen LogP contribution in [0.5, 0.6) is 0 Å². The molecule has 2 aromatic carbocycles. The third kappa shape index (κ3) is 4.29. The highest BCUT2D eigenvalue weighted by molar-refractivity contribution is 7.90. The zero-order valence-corrected chi connectivity index (χ0v) is 16.9. The molecule has 0 aromatic heterocycles. The molecule has 1 aliphatic heterocycles. The van der Waals surface area contributed by atoms with Crippen LogP contribution in [-0.4, -0.2) is 32.5 Å². The van der Waals surface area contributed by atoms with Gasteiger partial charge in [0.1, 0.15) is 17.7 Å². The summed E-state index contributed by atoms with van der Waals surface area (Å²) in [5.74, 6) is -2.86. The van der Waals surface area contributed by atoms with Crippen molar-refractivity contribution in [2.45, 2.75) is 31.2 Å². The minimum absolute atomic E-state index is 0.000789. The molecule has 0 saturated carbocycles. The summed E-state index contributed by atoms with van der Waals surface area (Å²) in [4.78, 5) is 27.0. The molecule has 3 rings (SSSR count). The van der Waals surface area contributed by atoms with E-state index in [1.54, 1.807) is 13.8 Å². The number of sulfone groups is 1. The fraction of sp³-hybridized carbons (Fsp3) is 0.300. The maximum Gasteiger partial charge on any atom is 0.247 e. The van der Waals surface area contributed by atoms with E-state index in [0.717, 1.165) is 18.4 Å². The first-order valence-electron chi connectivity index (χ1n) is 8.89. The molecular weight excluding hydrogens is 402 g/mol. The van der Waals surface area contributed by atoms with Crippen LogP contribution in [0.4, 0.5) is 20.2 Å². The molecule has 1 N–H and O–H groups in total. The lowest BCUT2D eigenvalue weighted by Crippen LogP contribution is -2.54. The third-order valence-corrected chi connectivity index (χ3v) is 5.75. The van der Waals surface area contributed by atoms with Crippen LogP contribution in [0.1, 0.15) is 19.4 Å². The van der Waals surface area contributed by atoms with Crippen molar-refractivity contribution < 1.29 is 26.8 Å². The minimum atomic E-state index is -3.52. The van der Waals surface area contributed by atoms with Crippen LogP contribution in [0.15, 0.2) is 41.3 Å². The number of benzene rings is 2. The first kappa shape index (κ1) is 20.9. The van der Waals surface area contributed by atoms with Crippen molar-refractivity contribution in [3.05, 3.63) is 53.6 Å². The Morgan fingerprint density at radius 3 is 2.31 bits per heavy atom. The molecule has 1 heterocycles. The summed E-state index contributed by atoms with van der Waals surface area (Å²) in [5.41, 5.74) is 0.654. The summed E-state index contributed by atoms with van der Waals surface area (Å²) in [6.07, 6.45) is 0.718. The molecule has 0 bridgehead atoms. The Labute approximate surface area is 167 Å². The molecule has 2 amide bonds. The highest BCUT2D eigenvalue weighted by atomic mass is 32.2. The summed E-state index contributed by atoms with van der Waals surface area (Å²) in [5, 5.41) is 2.65. The second-order valence-electron chi connectivity index (χ2n) is 7.35. The highest BCUT2D eigenvalue weighted by Crippen LogP contribution is 2.36. The van der Waals surface area contributed by atoms with E-state index in [0.29, 0.717) is 11.8 Å². The number of anilines is 2. The van der Waals surface area contributed by atoms with Gasteiger partial charge in [0.05, 0.1) is 22.7 Å². The lowest BCUT2D eigenvalue weighted by molar-refractivity contribution is -0.124. The normalized spacial score (nSPS) is 16.6. The Bertz CT molecular complexity index is 1080. The predicted octanol–water partition coefficient (Wildman–Crippen LogP) is 2.92. The summed E-state index contributed by atoms with van der Waals surface area (Å²) < 4.78 is 50.7. The van der Waals surface area contributed by atoms with Crippen LogP contribution in [0.2, 0.25) is 0 Å². The Hall–Kier alpha value is -2.81. The molecule has 0 saturated heterocycles. The van der Waals surface area contributed by atoms with Crippen LogP contribution in [0.3, 0.4) is 0 Å². The van der Waals surface area contributed by atoms with Crippen molar-refractivity contribution >= 4 is 33.0 Å². The van der Waals surface area contributed by atoms with Crippen molar-refractivity contribution in [1.29, 1.82) is 0 Å². The van der Waals surface area contributed by atoms with Gasteiger partial charge in [0, 0.05) is 12.3 Å². The number of fused-ring (bicyclic) bond motifs is 1. The number of hydrogen-bond acceptors (Lipinski definition) is 4. The monoisotopic (exact) mass is 422 g/mol. The first-order chi connectivity index (χ1) is 13.5. The predicted molar refractivity (Wildman–Crippen MR) is 104 cm³/mol. The zero-order valence-electron chi connectivity index (χ0n) is 16.1. The van der Waals surface area contributed by atoms with Crippen molar-refractivity contribution in [1.82, 2.24) is 0 Å². The molecule has 0 radical (unpaired) electrons. The molecular formula is C20H20F2N2O4S. The van der Waals surface area contributed by atoms with E-state index in [2.05, 4.69) is 5.32 Å². The van der Waals surface area contributed by atoms with Crippen LogP contribution < -0.4 is 10.2 Å². The fourth-order valence-corrected chi connectivity index (χ4v) is 4.04. The van der Waals surface area contributed by atoms with E-state index in [1.165, 1.54) is 23.1 Å². The fourth-order valence-electron chi connectivity index (χ4n) is 3.39. The van der Waals surface area contributed by atoms with E-state index in [1.807, 2.05) is 0 Å². The third-order valence-electron chi connectivity index (χ3n) is 4.64. The second kappa shape index (κ2) is 7.55. The van der Waals surface area contributed by atoms with Gasteiger partial charge in [0.15, 0.2) is 9.84 Å². The van der Waals surface area contributed by atoms with Crippen molar-refractivity contribution in [3.8, 4) is 0 Å². The lowest BCUT2D eigenvalue weighted by Gasteiger charge is -2.38. The Balaban J connectivity index is 2.06. The molecule has 0 spiro atoms. The maximum atomic E-state index is 13.5. The molecule has 0 aliphatic carbocycles. The number of hydrogen-bond donors (Lipinski definition) is 1. The van der Waals surface area contributed by atoms with Gasteiger partial charge < -0.3 is 5.32 Å². The number of carbonyl (C=O) groups is 2. The van der Waals surface area contributed by atoms with Crippen LogP contribution in [-0.2, 0) is 25.8 Å². The van der Waals surface area contributed by atoms with Crippen molar-refractivity contribution in [3.63, 3.8) is 0 Å². The van der Waals surface area contributed by atoms with Gasteiger partial charge in [-0.05, 0) is 41.8 Å². The standard InChI is InChI=1S/C20H20F2N2O4S/c1-11(2)19-20(26)23-16-10-15(29(3,27)28)4-5-17(16)24(19)18(25)8-12-6-13(21)9-14(22)7-12/h4-7,9-11,19H,8H2,1-3H3,(H,23,26). The number of carbonyl (C=O) groups excluding carboxylic acids is 2. The van der Waals surface area contributed by atoms with Gasteiger partial charge in [-0.3, -0.25) is 14.5 Å². The van der Waals surface area contributed by atoms with Crippen molar-refractivity contribution in [2.75, 3.05) is 16.5 Å². The summed E-state index contributed by atoms with van der Waals surface area (Å²) in [6.45, 7) is 3.53. The minimum Gasteiger partial charge on any atom is -0.322 e. The van der Waals surface area contributed by atoms with Crippen molar-refractivity contribution in [2.24, 2.45) is 5.92 Å². The molecule has 29 heavy (non-hydrogen) atoms. The average molecular weight is 422 g/mol. The molecule has 1 unspecified atom stereocenters. The van der Waals surface area contributed by atoms with Gasteiger partial charge in [0.25, 0.3) is 0 Å². The molecule has 6 nitrogen and oxygen atoms in total. The average Bonchev–Trinajstić information content (AvgIpc) is 2.57. The van der Waals surface area contributed by atoms with Gasteiger partial charge in [-0.2, -0.15) is 0 Å². The van der Waals surface area contributed by atoms with Crippen LogP contribution >= 0.6 is 0 Å². The summed E-state index contributed by atoms with van der Waals surface area (Å²) in [6, 6.07) is 6.07. The summed E-state index contributed by atoms with van der Waals surface area (Å²) in [7, 11) is -3.52. The Morgan fingerprint density at radius 1 is 1.14 bits per heavy atom. The SMILES string of the molecule is CC(C)C1C(=O)Nc2cc(S(C)(=O)=O)ccc2N1C(=O)Cc1cc(F)cc(F)c1. The quantitative estimate of drug-likeness (QED) is 0.821. The smallest absolute Gasteiger partial charge is 0.247 e. The largest absolute Gasteiger partial charge is 0.322 e. The van der Waals surface area contributed by atoms with E-state index < -0.39 is 39.3 Å². The Morgan fingerprint density at radius 2 is 1.76 bits per heavy atom. The van der Waals surface area contributed by atoms with E-state index in [4.69, 9.17) is 0 Å². The van der Waals surface area contributed by atoms with Crippen LogP contribution in [0, 0.1) is 17.6 Å². The van der Waals surface area contributed by atoms with Gasteiger partial charge in [-0.25, -0.2) is 17.2 Å². The van der Waals surface area contributed by atoms with Gasteiger partial charge in [-0.1, -0.05) is 13.8 Å². The van der Waals surface area contributed by atoms with Gasteiger partial charge >= 0.3 is 0 Å². The summed E-state index contributed by atoms with van der Waals surface area (Å²) >= 11 is 0. The van der Waals surface area contributed by atoms with E-state index in [-0.39, 0.29) is 28.5 Å². The second-order valence-corrected chi connectivity index (χ2v) is 9.36. The van der Waals surface area contributed by atoms with E-state index >= 15 is 0 Å². The molecule has 9 heteroatoms. The first-order valence-corrected chi connectivity index (χ1v) is 10.8. The lowest BCUT2D eigenvalue weighted by atomic mass is 9.96. The van der Waals surface area contributed by atoms with Crippen LogP contribution in [0.25, 0.3) is 0 Å². The topological polar surface area (TPSA) is 83.6 Å².